The predicted octanol–water partition coefficient (Wildman–Crippen LogP) is 4.56. The average molecular weight is 491 g/mol. The molecule has 0 N–H and O–H groups in total. The van der Waals surface area contributed by atoms with Gasteiger partial charge in [-0.15, -0.1) is 0 Å². The second kappa shape index (κ2) is 10.5. The fraction of sp³-hybridized carbons (Fsp3) is 0.483. The normalized spacial score (nSPS) is 22.4. The van der Waals surface area contributed by atoms with Crippen LogP contribution in [0.5, 0.6) is 5.75 Å². The van der Waals surface area contributed by atoms with Gasteiger partial charge in [-0.3, -0.25) is 19.7 Å². The van der Waals surface area contributed by atoms with Crippen LogP contribution in [-0.4, -0.2) is 65.7 Å². The molecule has 1 aromatic heterocycles. The van der Waals surface area contributed by atoms with Crippen LogP contribution < -0.4 is 4.74 Å². The number of amides is 1. The van der Waals surface area contributed by atoms with Gasteiger partial charge in [-0.05, 0) is 74.4 Å². The second-order valence-corrected chi connectivity index (χ2v) is 10.3. The third kappa shape index (κ3) is 5.07. The van der Waals surface area contributed by atoms with E-state index in [1.807, 2.05) is 24.1 Å². The molecule has 1 amide bonds. The molecule has 1 aromatic carbocycles. The Hall–Kier alpha value is -3.06. The number of hydrogen-bond donors (Lipinski definition) is 0. The van der Waals surface area contributed by atoms with Crippen molar-refractivity contribution in [2.75, 3.05) is 33.3 Å². The van der Waals surface area contributed by atoms with Crippen molar-refractivity contribution in [1.82, 2.24) is 14.8 Å². The second-order valence-electron chi connectivity index (χ2n) is 10.3. The van der Waals surface area contributed by atoms with Crippen molar-refractivity contribution >= 4 is 11.6 Å². The molecule has 5 rings (SSSR count). The number of carbonyl (C=O) groups is 1. The number of carbonyl (C=O) groups excluding carboxylic acids is 1. The third-order valence-corrected chi connectivity index (χ3v) is 7.92. The lowest BCUT2D eigenvalue weighted by atomic mass is 9.89. The van der Waals surface area contributed by atoms with E-state index in [0.29, 0.717) is 36.9 Å². The third-order valence-electron chi connectivity index (χ3n) is 7.92. The van der Waals surface area contributed by atoms with Gasteiger partial charge in [0.15, 0.2) is 0 Å². The van der Waals surface area contributed by atoms with Crippen LogP contribution in [0.4, 0.5) is 4.39 Å². The number of piperidine rings is 1. The number of methoxy groups -OCH3 is 1. The number of halogens is 1. The number of rotatable bonds is 6. The first-order valence-electron chi connectivity index (χ1n) is 12.9. The molecule has 2 aromatic rings. The zero-order chi connectivity index (χ0) is 25.2. The molecule has 3 aliphatic rings. The Balaban J connectivity index is 1.23. The van der Waals surface area contributed by atoms with Crippen LogP contribution in [0.15, 0.2) is 52.7 Å². The minimum absolute atomic E-state index is 0.210. The van der Waals surface area contributed by atoms with E-state index in [4.69, 9.17) is 9.73 Å². The van der Waals surface area contributed by atoms with Crippen LogP contribution in [0.3, 0.4) is 0 Å². The minimum atomic E-state index is -0.240. The molecule has 7 heteroatoms. The molecule has 0 saturated carbocycles. The predicted molar refractivity (Wildman–Crippen MR) is 139 cm³/mol. The molecule has 2 atom stereocenters. The smallest absolute Gasteiger partial charge is 0.223 e. The Morgan fingerprint density at radius 3 is 2.92 bits per heavy atom. The number of aliphatic imine (C=N–C) groups is 1. The number of aromatic nitrogens is 1. The van der Waals surface area contributed by atoms with E-state index in [0.717, 1.165) is 55.9 Å². The number of benzene rings is 1. The molecule has 0 aliphatic carbocycles. The maximum absolute atomic E-state index is 14.6. The number of hydrogen-bond acceptors (Lipinski definition) is 5. The summed E-state index contributed by atoms with van der Waals surface area (Å²) in [5.74, 6) is 0.815. The molecule has 4 heterocycles. The standard InChI is InChI=1S/C29H35FN4O2/c1-19-13-22(9-11-31-19)29-24-17-33(12-10-23(24)15-32-29)28(35)14-21-8-7-20(2)34(16-21)18-25-26(30)5-4-6-27(25)36-3/h4-6,9,11,13,20-21H,7-8,10,12,14-18H2,1-3H3. The Morgan fingerprint density at radius 2 is 2.11 bits per heavy atom. The fourth-order valence-electron chi connectivity index (χ4n) is 5.77. The average Bonchev–Trinajstić information content (AvgIpc) is 3.30. The Morgan fingerprint density at radius 1 is 1.25 bits per heavy atom. The summed E-state index contributed by atoms with van der Waals surface area (Å²) >= 11 is 0. The molecule has 0 bridgehead atoms. The number of likely N-dealkylation sites (tertiary alicyclic amines) is 1. The highest BCUT2D eigenvalue weighted by Crippen LogP contribution is 2.32. The molecule has 1 saturated heterocycles. The topological polar surface area (TPSA) is 58.0 Å². The SMILES string of the molecule is COc1cccc(F)c1CN1CC(CC(=O)N2CCC3=C(C2)C(c2ccnc(C)c2)=NC3)CCC1C. The van der Waals surface area contributed by atoms with Crippen molar-refractivity contribution in [1.29, 1.82) is 0 Å². The summed E-state index contributed by atoms with van der Waals surface area (Å²) in [5, 5.41) is 0. The van der Waals surface area contributed by atoms with E-state index in [9.17, 15) is 9.18 Å². The molecule has 36 heavy (non-hydrogen) atoms. The van der Waals surface area contributed by atoms with Crippen molar-refractivity contribution in [3.63, 3.8) is 0 Å². The van der Waals surface area contributed by atoms with Crippen LogP contribution in [0, 0.1) is 18.7 Å². The lowest BCUT2D eigenvalue weighted by molar-refractivity contribution is -0.132. The fourth-order valence-corrected chi connectivity index (χ4v) is 5.77. The molecule has 6 nitrogen and oxygen atoms in total. The largest absolute Gasteiger partial charge is 0.496 e. The lowest BCUT2D eigenvalue weighted by Crippen LogP contribution is -2.44. The first kappa shape index (κ1) is 24.6. The van der Waals surface area contributed by atoms with E-state index in [2.05, 4.69) is 22.9 Å². The summed E-state index contributed by atoms with van der Waals surface area (Å²) in [7, 11) is 1.58. The highest BCUT2D eigenvalue weighted by Gasteiger charge is 2.32. The van der Waals surface area contributed by atoms with Gasteiger partial charge in [-0.25, -0.2) is 4.39 Å². The summed E-state index contributed by atoms with van der Waals surface area (Å²) in [6, 6.07) is 9.38. The summed E-state index contributed by atoms with van der Waals surface area (Å²) in [5.41, 5.74) is 6.24. The molecule has 1 fully saturated rings. The van der Waals surface area contributed by atoms with E-state index >= 15 is 0 Å². The highest BCUT2D eigenvalue weighted by molar-refractivity contribution is 6.15. The number of ether oxygens (including phenoxy) is 1. The highest BCUT2D eigenvalue weighted by atomic mass is 19.1. The van der Waals surface area contributed by atoms with Gasteiger partial charge in [0.2, 0.25) is 5.91 Å². The van der Waals surface area contributed by atoms with Crippen molar-refractivity contribution in [3.05, 3.63) is 70.3 Å². The van der Waals surface area contributed by atoms with E-state index in [1.165, 1.54) is 17.2 Å². The van der Waals surface area contributed by atoms with Crippen LogP contribution >= 0.6 is 0 Å². The van der Waals surface area contributed by atoms with Crippen molar-refractivity contribution in [3.8, 4) is 5.75 Å². The van der Waals surface area contributed by atoms with E-state index in [-0.39, 0.29) is 17.6 Å². The zero-order valence-corrected chi connectivity index (χ0v) is 21.5. The molecule has 0 radical (unpaired) electrons. The molecular formula is C29H35FN4O2. The Labute approximate surface area is 212 Å². The number of aryl methyl sites for hydroxylation is 1. The molecule has 2 unspecified atom stereocenters. The lowest BCUT2D eigenvalue weighted by Gasteiger charge is -2.39. The number of pyridine rings is 1. The summed E-state index contributed by atoms with van der Waals surface area (Å²) in [4.78, 5) is 26.8. The van der Waals surface area contributed by atoms with Crippen LogP contribution in [-0.2, 0) is 11.3 Å². The minimum Gasteiger partial charge on any atom is -0.496 e. The molecule has 190 valence electrons. The molecule has 3 aliphatic heterocycles. The molecule has 0 spiro atoms. The van der Waals surface area contributed by atoms with Gasteiger partial charge in [0, 0.05) is 61.7 Å². The van der Waals surface area contributed by atoms with Crippen molar-refractivity contribution < 1.29 is 13.9 Å². The summed E-state index contributed by atoms with van der Waals surface area (Å²) in [6.07, 6.45) is 5.26. The maximum Gasteiger partial charge on any atom is 0.223 e. The number of nitrogens with zero attached hydrogens (tertiary/aromatic N) is 4. The first-order valence-corrected chi connectivity index (χ1v) is 12.9. The van der Waals surface area contributed by atoms with Gasteiger partial charge in [0.1, 0.15) is 11.6 Å². The van der Waals surface area contributed by atoms with Crippen molar-refractivity contribution in [2.24, 2.45) is 10.9 Å². The first-order chi connectivity index (χ1) is 17.4. The summed E-state index contributed by atoms with van der Waals surface area (Å²) in [6.45, 7) is 7.58. The monoisotopic (exact) mass is 490 g/mol. The van der Waals surface area contributed by atoms with E-state index < -0.39 is 0 Å². The summed E-state index contributed by atoms with van der Waals surface area (Å²) < 4.78 is 20.0. The Kier molecular flexibility index (Phi) is 7.19. The molecular weight excluding hydrogens is 455 g/mol. The van der Waals surface area contributed by atoms with Gasteiger partial charge < -0.3 is 9.64 Å². The van der Waals surface area contributed by atoms with Gasteiger partial charge in [0.05, 0.1) is 19.4 Å². The quantitative estimate of drug-likeness (QED) is 0.596. The van der Waals surface area contributed by atoms with Crippen molar-refractivity contribution in [2.45, 2.75) is 52.1 Å². The van der Waals surface area contributed by atoms with Crippen LogP contribution in [0.2, 0.25) is 0 Å². The maximum atomic E-state index is 14.6. The van der Waals surface area contributed by atoms with Gasteiger partial charge in [-0.1, -0.05) is 6.07 Å². The Bertz CT molecular complexity index is 1210. The van der Waals surface area contributed by atoms with Gasteiger partial charge in [0.25, 0.3) is 0 Å². The van der Waals surface area contributed by atoms with Gasteiger partial charge in [-0.2, -0.15) is 0 Å². The zero-order valence-electron chi connectivity index (χ0n) is 21.5. The van der Waals surface area contributed by atoms with Crippen LogP contribution in [0.1, 0.15) is 49.4 Å². The van der Waals surface area contributed by atoms with Gasteiger partial charge >= 0.3 is 0 Å². The van der Waals surface area contributed by atoms with E-state index in [1.54, 1.807) is 19.2 Å². The van der Waals surface area contributed by atoms with Crippen LogP contribution in [0.25, 0.3) is 0 Å².